The number of aliphatic hydroxyl groups excluding tert-OH is 1. The first-order chi connectivity index (χ1) is 5.22. The molecule has 2 unspecified atom stereocenters. The van der Waals surface area contributed by atoms with Gasteiger partial charge in [0.15, 0.2) is 0 Å². The summed E-state index contributed by atoms with van der Waals surface area (Å²) in [6.45, 7) is 3.78. The smallest absolute Gasteiger partial charge is 0.0578 e. The monoisotopic (exact) mass is 151 g/mol. The zero-order valence-electron chi connectivity index (χ0n) is 6.86. The van der Waals surface area contributed by atoms with Crippen LogP contribution in [0.1, 0.15) is 25.3 Å². The van der Waals surface area contributed by atoms with E-state index in [4.69, 9.17) is 0 Å². The van der Waals surface area contributed by atoms with Gasteiger partial charge in [-0.15, -0.1) is 0 Å². The highest BCUT2D eigenvalue weighted by Crippen LogP contribution is 2.16. The van der Waals surface area contributed by atoms with Gasteiger partial charge in [0.1, 0.15) is 0 Å². The van der Waals surface area contributed by atoms with Crippen LogP contribution in [0.2, 0.25) is 0 Å². The Bertz CT molecular complexity index is 208. The zero-order chi connectivity index (χ0) is 8.27. The second kappa shape index (κ2) is 3.49. The van der Waals surface area contributed by atoms with Gasteiger partial charge in [-0.25, -0.2) is 0 Å². The fourth-order valence-corrected chi connectivity index (χ4v) is 0.924. The lowest BCUT2D eigenvalue weighted by Gasteiger charge is -2.13. The fourth-order valence-electron chi connectivity index (χ4n) is 0.924. The molecular weight excluding hydrogens is 138 g/mol. The molecule has 0 aliphatic rings. The van der Waals surface area contributed by atoms with Crippen molar-refractivity contribution in [2.45, 2.75) is 25.9 Å². The number of pyridine rings is 1. The molecule has 2 heteroatoms. The van der Waals surface area contributed by atoms with Gasteiger partial charge in [0.25, 0.3) is 0 Å². The molecule has 1 rings (SSSR count). The Morgan fingerprint density at radius 1 is 1.45 bits per heavy atom. The Labute approximate surface area is 66.9 Å². The third-order valence-electron chi connectivity index (χ3n) is 1.93. The summed E-state index contributed by atoms with van der Waals surface area (Å²) in [5.74, 6) is 0.170. The van der Waals surface area contributed by atoms with Crippen molar-refractivity contribution in [1.82, 2.24) is 4.98 Å². The predicted octanol–water partition coefficient (Wildman–Crippen LogP) is 1.57. The van der Waals surface area contributed by atoms with Crippen molar-refractivity contribution in [2.75, 3.05) is 0 Å². The molecule has 0 aromatic carbocycles. The molecule has 0 bridgehead atoms. The molecule has 1 aromatic rings. The molecule has 0 saturated carbocycles. The van der Waals surface area contributed by atoms with E-state index >= 15 is 0 Å². The molecule has 0 radical (unpaired) electrons. The Hall–Kier alpha value is -0.890. The van der Waals surface area contributed by atoms with Gasteiger partial charge in [0, 0.05) is 18.3 Å². The van der Waals surface area contributed by atoms with Gasteiger partial charge in [0.05, 0.1) is 6.10 Å². The van der Waals surface area contributed by atoms with Crippen molar-refractivity contribution in [3.8, 4) is 0 Å². The van der Waals surface area contributed by atoms with E-state index < -0.39 is 0 Å². The van der Waals surface area contributed by atoms with E-state index in [2.05, 4.69) is 4.98 Å². The van der Waals surface area contributed by atoms with E-state index in [0.717, 1.165) is 5.56 Å². The van der Waals surface area contributed by atoms with Gasteiger partial charge in [0.2, 0.25) is 0 Å². The number of aromatic nitrogens is 1. The van der Waals surface area contributed by atoms with Crippen LogP contribution in [-0.2, 0) is 0 Å². The largest absolute Gasteiger partial charge is 0.393 e. The Morgan fingerprint density at radius 2 is 2.18 bits per heavy atom. The van der Waals surface area contributed by atoms with E-state index in [0.29, 0.717) is 0 Å². The van der Waals surface area contributed by atoms with Crippen LogP contribution in [0.3, 0.4) is 0 Å². The maximum atomic E-state index is 9.25. The normalized spacial score (nSPS) is 15.9. The molecule has 11 heavy (non-hydrogen) atoms. The van der Waals surface area contributed by atoms with E-state index in [1.165, 1.54) is 0 Å². The van der Waals surface area contributed by atoms with Crippen LogP contribution in [-0.4, -0.2) is 16.2 Å². The lowest BCUT2D eigenvalue weighted by Crippen LogP contribution is -2.10. The van der Waals surface area contributed by atoms with Gasteiger partial charge >= 0.3 is 0 Å². The number of hydrogen-bond donors (Lipinski definition) is 1. The van der Waals surface area contributed by atoms with Crippen molar-refractivity contribution >= 4 is 0 Å². The van der Waals surface area contributed by atoms with Crippen LogP contribution < -0.4 is 0 Å². The van der Waals surface area contributed by atoms with Gasteiger partial charge in [-0.1, -0.05) is 13.0 Å². The number of rotatable bonds is 2. The first kappa shape index (κ1) is 8.21. The molecule has 2 nitrogen and oxygen atoms in total. The minimum atomic E-state index is -0.306. The van der Waals surface area contributed by atoms with Gasteiger partial charge in [-0.3, -0.25) is 4.98 Å². The zero-order valence-corrected chi connectivity index (χ0v) is 6.86. The van der Waals surface area contributed by atoms with E-state index in [9.17, 15) is 5.11 Å². The average molecular weight is 151 g/mol. The van der Waals surface area contributed by atoms with Crippen LogP contribution in [0.25, 0.3) is 0 Å². The molecular formula is C9H13NO. The van der Waals surface area contributed by atoms with Crippen LogP contribution >= 0.6 is 0 Å². The average Bonchev–Trinajstić information content (AvgIpc) is 2.05. The van der Waals surface area contributed by atoms with E-state index in [-0.39, 0.29) is 12.0 Å². The summed E-state index contributed by atoms with van der Waals surface area (Å²) in [5, 5.41) is 9.25. The third-order valence-corrected chi connectivity index (χ3v) is 1.93. The Kier molecular flexibility index (Phi) is 2.60. The standard InChI is InChI=1S/C9H13NO/c1-7(8(2)11)9-4-3-5-10-6-9/h3-8,11H,1-2H3. The topological polar surface area (TPSA) is 33.1 Å². The molecule has 0 aliphatic heterocycles. The Balaban J connectivity index is 2.77. The molecule has 0 saturated heterocycles. The summed E-state index contributed by atoms with van der Waals surface area (Å²) in [4.78, 5) is 3.98. The molecule has 1 N–H and O–H groups in total. The Morgan fingerprint density at radius 3 is 2.64 bits per heavy atom. The quantitative estimate of drug-likeness (QED) is 0.696. The summed E-state index contributed by atoms with van der Waals surface area (Å²) in [7, 11) is 0. The molecule has 1 heterocycles. The lowest BCUT2D eigenvalue weighted by atomic mass is 9.98. The van der Waals surface area contributed by atoms with Crippen molar-refractivity contribution in [3.63, 3.8) is 0 Å². The summed E-state index contributed by atoms with van der Waals surface area (Å²) >= 11 is 0. The summed E-state index contributed by atoms with van der Waals surface area (Å²) < 4.78 is 0. The van der Waals surface area contributed by atoms with Crippen LogP contribution in [0.4, 0.5) is 0 Å². The highest BCUT2D eigenvalue weighted by Gasteiger charge is 2.10. The maximum Gasteiger partial charge on any atom is 0.0578 e. The number of hydrogen-bond acceptors (Lipinski definition) is 2. The molecule has 0 spiro atoms. The second-order valence-electron chi connectivity index (χ2n) is 2.82. The molecule has 60 valence electrons. The fraction of sp³-hybridized carbons (Fsp3) is 0.444. The summed E-state index contributed by atoms with van der Waals surface area (Å²) in [6, 6.07) is 3.86. The first-order valence-electron chi connectivity index (χ1n) is 3.80. The SMILES string of the molecule is CC(O)C(C)c1cccnc1. The van der Waals surface area contributed by atoms with Gasteiger partial charge in [-0.05, 0) is 18.6 Å². The van der Waals surface area contributed by atoms with E-state index in [1.54, 1.807) is 19.3 Å². The summed E-state index contributed by atoms with van der Waals surface area (Å²) in [6.07, 6.45) is 3.22. The van der Waals surface area contributed by atoms with Crippen LogP contribution in [0.15, 0.2) is 24.5 Å². The van der Waals surface area contributed by atoms with Crippen molar-refractivity contribution < 1.29 is 5.11 Å². The molecule has 0 amide bonds. The molecule has 0 fully saturated rings. The number of aliphatic hydroxyl groups is 1. The predicted molar refractivity (Wildman–Crippen MR) is 44.3 cm³/mol. The third kappa shape index (κ3) is 2.02. The summed E-state index contributed by atoms with van der Waals surface area (Å²) in [5.41, 5.74) is 1.09. The van der Waals surface area contributed by atoms with Crippen LogP contribution in [0.5, 0.6) is 0 Å². The van der Waals surface area contributed by atoms with Crippen LogP contribution in [0, 0.1) is 0 Å². The lowest BCUT2D eigenvalue weighted by molar-refractivity contribution is 0.169. The first-order valence-corrected chi connectivity index (χ1v) is 3.80. The highest BCUT2D eigenvalue weighted by molar-refractivity contribution is 5.14. The number of nitrogens with zero attached hydrogens (tertiary/aromatic N) is 1. The molecule has 2 atom stereocenters. The van der Waals surface area contributed by atoms with Crippen molar-refractivity contribution in [3.05, 3.63) is 30.1 Å². The van der Waals surface area contributed by atoms with Crippen molar-refractivity contribution in [2.24, 2.45) is 0 Å². The minimum absolute atomic E-state index is 0.170. The maximum absolute atomic E-state index is 9.25. The van der Waals surface area contributed by atoms with Crippen molar-refractivity contribution in [1.29, 1.82) is 0 Å². The minimum Gasteiger partial charge on any atom is -0.393 e. The van der Waals surface area contributed by atoms with E-state index in [1.807, 2.05) is 19.1 Å². The molecule has 1 aromatic heterocycles. The highest BCUT2D eigenvalue weighted by atomic mass is 16.3. The molecule has 0 aliphatic carbocycles. The van der Waals surface area contributed by atoms with Gasteiger partial charge in [-0.2, -0.15) is 0 Å². The second-order valence-corrected chi connectivity index (χ2v) is 2.82. The van der Waals surface area contributed by atoms with Gasteiger partial charge < -0.3 is 5.11 Å².